The van der Waals surface area contributed by atoms with Crippen molar-refractivity contribution in [1.82, 2.24) is 29.5 Å². The number of rotatable bonds is 7. The van der Waals surface area contributed by atoms with Gasteiger partial charge < -0.3 is 24.0 Å². The fourth-order valence-corrected chi connectivity index (χ4v) is 6.02. The molecule has 0 N–H and O–H groups in total. The third-order valence-corrected chi connectivity index (χ3v) is 8.13. The second-order valence-electron chi connectivity index (χ2n) is 11.9. The molecule has 8 aromatic rings. The van der Waals surface area contributed by atoms with Crippen LogP contribution in [0.5, 0.6) is 23.0 Å². The van der Waals surface area contributed by atoms with Crippen LogP contribution >= 0.6 is 0 Å². The second kappa shape index (κ2) is 15.0. The summed E-state index contributed by atoms with van der Waals surface area (Å²) in [6, 6.07) is 37.2. The third kappa shape index (κ3) is 7.24. The molecule has 0 saturated carbocycles. The Balaban J connectivity index is 0.00000224. The average molecular weight is 850 g/mol. The monoisotopic (exact) mass is 848 g/mol. The molecule has 0 bridgehead atoms. The Bertz CT molecular complexity index is 2370. The largest absolute Gasteiger partial charge is 2.00 e. The number of hydrogen-bond acceptors (Lipinski definition) is 7. The van der Waals surface area contributed by atoms with Gasteiger partial charge >= 0.3 is 40.8 Å². The van der Waals surface area contributed by atoms with Crippen molar-refractivity contribution in [2.24, 2.45) is 0 Å². The summed E-state index contributed by atoms with van der Waals surface area (Å²) in [7, 11) is 0. The number of hydrogen-bond donors (Lipinski definition) is 0. The number of pyridine rings is 2. The van der Waals surface area contributed by atoms with E-state index in [1.165, 1.54) is 12.7 Å². The average Bonchev–Trinajstić information content (AvgIpc) is 3.41. The van der Waals surface area contributed by atoms with Crippen LogP contribution in [-0.4, -0.2) is 29.5 Å². The van der Waals surface area contributed by atoms with Gasteiger partial charge in [0, 0.05) is 35.4 Å². The molecule has 8 rings (SSSR count). The van der Waals surface area contributed by atoms with Gasteiger partial charge in [-0.05, 0) is 50.2 Å². The number of aromatic nitrogens is 6. The first kappa shape index (κ1) is 35.7. The molecule has 0 aliphatic carbocycles. The van der Waals surface area contributed by atoms with E-state index in [0.717, 1.165) is 55.5 Å². The Kier molecular flexibility index (Phi) is 10.5. The van der Waals surface area contributed by atoms with Gasteiger partial charge in [-0.1, -0.05) is 46.4 Å². The Morgan fingerprint density at radius 1 is 0.529 bits per heavy atom. The summed E-state index contributed by atoms with van der Waals surface area (Å²) in [6.07, 6.45) is 6.64. The van der Waals surface area contributed by atoms with E-state index >= 15 is 0 Å². The van der Waals surface area contributed by atoms with Crippen molar-refractivity contribution in [1.29, 1.82) is 0 Å². The molecule has 0 aliphatic rings. The predicted octanol–water partition coefficient (Wildman–Crippen LogP) is 9.11. The SMILES string of the molecule is Cc1cnc(-c2[c-]c(Oc3[c-]c4c(cc3)c3ccc(Oc5[c-]c(-c6ncc(C)cc6C)ccc5)[c-]c3n4-c3ncncn3)ccc2)c(C)c1.[Pd+2].[Pd+2]. The van der Waals surface area contributed by atoms with Crippen LogP contribution in [0.15, 0.2) is 97.8 Å². The number of fused-ring (bicyclic) bond motifs is 3. The molecule has 4 heterocycles. The summed E-state index contributed by atoms with van der Waals surface area (Å²) in [6.45, 7) is 8.16. The minimum absolute atomic E-state index is 0. The fraction of sp³-hybridized carbons (Fsp3) is 0.0976. The number of ether oxygens (including phenoxy) is 2. The van der Waals surface area contributed by atoms with Crippen molar-refractivity contribution in [2.75, 3.05) is 0 Å². The first-order valence-electron chi connectivity index (χ1n) is 15.7. The molecule has 0 aliphatic heterocycles. The maximum absolute atomic E-state index is 6.31. The van der Waals surface area contributed by atoms with Gasteiger partial charge in [-0.25, -0.2) is 15.0 Å². The summed E-state index contributed by atoms with van der Waals surface area (Å²) < 4.78 is 14.5. The zero-order chi connectivity index (χ0) is 33.5. The molecular weight excluding hydrogens is 821 g/mol. The van der Waals surface area contributed by atoms with Gasteiger partial charge in [-0.2, -0.15) is 22.9 Å². The molecule has 4 aromatic carbocycles. The predicted molar refractivity (Wildman–Crippen MR) is 188 cm³/mol. The molecule has 0 fully saturated rings. The Morgan fingerprint density at radius 3 is 1.43 bits per heavy atom. The van der Waals surface area contributed by atoms with Crippen LogP contribution in [0.3, 0.4) is 0 Å². The van der Waals surface area contributed by atoms with Gasteiger partial charge in [0.15, 0.2) is 0 Å². The van der Waals surface area contributed by atoms with Crippen LogP contribution < -0.4 is 9.47 Å². The molecule has 0 amide bonds. The maximum atomic E-state index is 6.31. The summed E-state index contributed by atoms with van der Waals surface area (Å²) in [5.41, 5.74) is 9.24. The summed E-state index contributed by atoms with van der Waals surface area (Å²) in [5, 5.41) is 1.86. The summed E-state index contributed by atoms with van der Waals surface area (Å²) in [5.74, 6) is 2.54. The van der Waals surface area contributed by atoms with Crippen molar-refractivity contribution in [3.63, 3.8) is 0 Å². The molecule has 0 saturated heterocycles. The van der Waals surface area contributed by atoms with E-state index in [4.69, 9.17) is 9.47 Å². The normalized spacial score (nSPS) is 10.8. The van der Waals surface area contributed by atoms with Crippen LogP contribution in [0.1, 0.15) is 22.3 Å². The minimum atomic E-state index is 0. The van der Waals surface area contributed by atoms with Crippen molar-refractivity contribution in [2.45, 2.75) is 27.7 Å². The van der Waals surface area contributed by atoms with Gasteiger partial charge in [0.1, 0.15) is 12.7 Å². The second-order valence-corrected chi connectivity index (χ2v) is 11.9. The summed E-state index contributed by atoms with van der Waals surface area (Å²) >= 11 is 0. The summed E-state index contributed by atoms with van der Waals surface area (Å²) in [4.78, 5) is 22.2. The first-order valence-corrected chi connectivity index (χ1v) is 15.7. The van der Waals surface area contributed by atoms with Gasteiger partial charge in [0.25, 0.3) is 0 Å². The smallest absolute Gasteiger partial charge is 0.503 e. The first-order chi connectivity index (χ1) is 23.9. The molecule has 0 radical (unpaired) electrons. The number of benzene rings is 4. The molecule has 51 heavy (non-hydrogen) atoms. The standard InChI is InChI=1S/C41H28N6O2.2Pd/c1-25-15-27(3)39(43-21-25)29-7-5-9-31(17-29)48-33-11-13-35-36-14-12-34(20-38(36)47(37(35)19-33)41-45-23-42-24-46-41)49-32-10-6-8-30(18-32)40-28(4)16-26(2)22-44-40;;/h5-16,21-24H,1-4H3;;/q-4;2*+2. The maximum Gasteiger partial charge on any atom is 2.00 e. The minimum Gasteiger partial charge on any atom is -0.503 e. The van der Waals surface area contributed by atoms with Gasteiger partial charge in [0.05, 0.1) is 0 Å². The van der Waals surface area contributed by atoms with E-state index < -0.39 is 0 Å². The van der Waals surface area contributed by atoms with E-state index in [9.17, 15) is 0 Å². The van der Waals surface area contributed by atoms with Crippen molar-refractivity contribution < 1.29 is 50.3 Å². The zero-order valence-corrected chi connectivity index (χ0v) is 31.0. The molecule has 0 unspecified atom stereocenters. The Morgan fingerprint density at radius 2 is 0.980 bits per heavy atom. The van der Waals surface area contributed by atoms with Crippen molar-refractivity contribution in [3.8, 4) is 51.5 Å². The molecule has 10 heteroatoms. The van der Waals surface area contributed by atoms with Crippen LogP contribution in [0, 0.1) is 52.0 Å². The van der Waals surface area contributed by atoms with Crippen LogP contribution in [-0.2, 0) is 40.8 Å². The molecule has 8 nitrogen and oxygen atoms in total. The third-order valence-electron chi connectivity index (χ3n) is 8.13. The van der Waals surface area contributed by atoms with Crippen LogP contribution in [0.2, 0.25) is 0 Å². The zero-order valence-electron chi connectivity index (χ0n) is 27.9. The van der Waals surface area contributed by atoms with E-state index in [2.05, 4.69) is 61.3 Å². The Labute approximate surface area is 323 Å². The Hall–Kier alpha value is -5.09. The quantitative estimate of drug-likeness (QED) is 0.117. The van der Waals surface area contributed by atoms with Crippen molar-refractivity contribution >= 4 is 21.8 Å². The van der Waals surface area contributed by atoms with Gasteiger partial charge in [-0.15, -0.1) is 71.8 Å². The van der Waals surface area contributed by atoms with E-state index in [-0.39, 0.29) is 40.8 Å². The molecule has 4 aromatic heterocycles. The molecule has 254 valence electrons. The van der Waals surface area contributed by atoms with E-state index in [0.29, 0.717) is 40.0 Å². The van der Waals surface area contributed by atoms with Crippen LogP contribution in [0.25, 0.3) is 50.3 Å². The van der Waals surface area contributed by atoms with Crippen molar-refractivity contribution in [3.05, 3.63) is 144 Å². The molecular formula is C41H28N6O2Pd2. The molecule has 0 atom stereocenters. The van der Waals surface area contributed by atoms with E-state index in [1.54, 1.807) is 0 Å². The number of nitrogens with zero attached hydrogens (tertiary/aromatic N) is 6. The van der Waals surface area contributed by atoms with Gasteiger partial charge in [0.2, 0.25) is 5.95 Å². The fourth-order valence-electron chi connectivity index (χ4n) is 6.02. The topological polar surface area (TPSA) is 87.8 Å². The van der Waals surface area contributed by atoms with Crippen LogP contribution in [0.4, 0.5) is 0 Å². The van der Waals surface area contributed by atoms with E-state index in [1.807, 2.05) is 105 Å². The number of aryl methyl sites for hydroxylation is 4. The molecule has 0 spiro atoms. The van der Waals surface area contributed by atoms with Gasteiger partial charge in [-0.3, -0.25) is 0 Å².